The molecule has 1 aromatic carbocycles. The van der Waals surface area contributed by atoms with Gasteiger partial charge < -0.3 is 15.5 Å². The Balaban J connectivity index is 1.70. The summed E-state index contributed by atoms with van der Waals surface area (Å²) in [4.78, 5) is 25.9. The highest BCUT2D eigenvalue weighted by Crippen LogP contribution is 2.11. The van der Waals surface area contributed by atoms with Gasteiger partial charge in [0.05, 0.1) is 11.5 Å². The Morgan fingerprint density at radius 1 is 1.32 bits per heavy atom. The third-order valence-electron chi connectivity index (χ3n) is 3.62. The topological polar surface area (TPSA) is 61.4 Å². The fourth-order valence-electron chi connectivity index (χ4n) is 2.36. The summed E-state index contributed by atoms with van der Waals surface area (Å²) in [7, 11) is 0. The molecule has 1 aromatic rings. The van der Waals surface area contributed by atoms with Crippen molar-refractivity contribution in [3.63, 3.8) is 0 Å². The van der Waals surface area contributed by atoms with E-state index in [9.17, 15) is 9.59 Å². The number of nitrogens with one attached hydrogen (secondary N) is 2. The number of aryl methyl sites for hydroxylation is 1. The molecule has 2 N–H and O–H groups in total. The van der Waals surface area contributed by atoms with E-state index < -0.39 is 0 Å². The molecule has 0 bridgehead atoms. The number of carbonyl (C=O) groups is 2. The van der Waals surface area contributed by atoms with Gasteiger partial charge in [0.15, 0.2) is 0 Å². The lowest BCUT2D eigenvalue weighted by molar-refractivity contribution is -0.131. The zero-order chi connectivity index (χ0) is 15.9. The quantitative estimate of drug-likeness (QED) is 0.862. The van der Waals surface area contributed by atoms with E-state index in [1.165, 1.54) is 11.8 Å². The summed E-state index contributed by atoms with van der Waals surface area (Å²) in [6.45, 7) is 6.47. The first-order valence-electron chi connectivity index (χ1n) is 7.50. The van der Waals surface area contributed by atoms with Gasteiger partial charge in [-0.25, -0.2) is 0 Å². The molecule has 22 heavy (non-hydrogen) atoms. The van der Waals surface area contributed by atoms with Gasteiger partial charge in [-0.05, 0) is 26.0 Å². The average Bonchev–Trinajstić information content (AvgIpc) is 2.50. The van der Waals surface area contributed by atoms with Gasteiger partial charge in [0.2, 0.25) is 11.8 Å². The van der Waals surface area contributed by atoms with Crippen LogP contribution >= 0.6 is 11.8 Å². The summed E-state index contributed by atoms with van der Waals surface area (Å²) in [5.41, 5.74) is 1.95. The number of nitrogens with zero attached hydrogens (tertiary/aromatic N) is 1. The zero-order valence-corrected chi connectivity index (χ0v) is 13.9. The van der Waals surface area contributed by atoms with Crippen molar-refractivity contribution in [1.29, 1.82) is 0 Å². The van der Waals surface area contributed by atoms with Crippen molar-refractivity contribution in [1.82, 2.24) is 10.2 Å². The van der Waals surface area contributed by atoms with Gasteiger partial charge in [0.25, 0.3) is 0 Å². The standard InChI is InChI=1S/C16H23N3O2S/c1-12-3-5-14(6-4-12)18-15(20)10-22-11-16(21)19-8-7-17-9-13(19)2/h3-6,13,17H,7-11H2,1-2H3,(H,18,20)/t13-/m1/s1. The van der Waals surface area contributed by atoms with Crippen LogP contribution < -0.4 is 10.6 Å². The van der Waals surface area contributed by atoms with E-state index in [-0.39, 0.29) is 17.9 Å². The Morgan fingerprint density at radius 3 is 2.73 bits per heavy atom. The second kappa shape index (κ2) is 8.19. The van der Waals surface area contributed by atoms with Crippen LogP contribution in [0.5, 0.6) is 0 Å². The van der Waals surface area contributed by atoms with E-state index in [0.29, 0.717) is 11.5 Å². The van der Waals surface area contributed by atoms with E-state index in [1.807, 2.05) is 43.0 Å². The molecule has 0 unspecified atom stereocenters. The molecule has 0 radical (unpaired) electrons. The molecule has 1 aliphatic rings. The summed E-state index contributed by atoms with van der Waals surface area (Å²) >= 11 is 1.36. The Kier molecular flexibility index (Phi) is 6.27. The predicted molar refractivity (Wildman–Crippen MR) is 91.2 cm³/mol. The first kappa shape index (κ1) is 16.8. The number of anilines is 1. The molecule has 2 rings (SSSR count). The lowest BCUT2D eigenvalue weighted by Gasteiger charge is -2.33. The molecule has 0 aromatic heterocycles. The second-order valence-corrected chi connectivity index (χ2v) is 6.53. The monoisotopic (exact) mass is 321 g/mol. The summed E-state index contributed by atoms with van der Waals surface area (Å²) in [6, 6.07) is 7.90. The Bertz CT molecular complexity index is 519. The Labute approximate surface area is 135 Å². The molecule has 1 atom stereocenters. The molecule has 120 valence electrons. The lowest BCUT2D eigenvalue weighted by Crippen LogP contribution is -2.52. The fraction of sp³-hybridized carbons (Fsp3) is 0.500. The van der Waals surface area contributed by atoms with Crippen LogP contribution in [0.25, 0.3) is 0 Å². The van der Waals surface area contributed by atoms with Crippen molar-refractivity contribution in [3.05, 3.63) is 29.8 Å². The molecular formula is C16H23N3O2S. The van der Waals surface area contributed by atoms with Crippen LogP contribution in [-0.4, -0.2) is 53.9 Å². The van der Waals surface area contributed by atoms with E-state index in [0.717, 1.165) is 30.9 Å². The van der Waals surface area contributed by atoms with Crippen LogP contribution in [0.4, 0.5) is 5.69 Å². The Morgan fingerprint density at radius 2 is 2.05 bits per heavy atom. The first-order valence-corrected chi connectivity index (χ1v) is 8.66. The molecule has 0 spiro atoms. The van der Waals surface area contributed by atoms with Gasteiger partial charge in [0.1, 0.15) is 0 Å². The van der Waals surface area contributed by atoms with Crippen LogP contribution in [0.2, 0.25) is 0 Å². The normalized spacial score (nSPS) is 18.1. The SMILES string of the molecule is Cc1ccc(NC(=O)CSCC(=O)N2CCNC[C@H]2C)cc1. The van der Waals surface area contributed by atoms with Crippen molar-refractivity contribution >= 4 is 29.3 Å². The summed E-state index contributed by atoms with van der Waals surface area (Å²) in [6.07, 6.45) is 0. The minimum absolute atomic E-state index is 0.0741. The molecule has 1 aliphatic heterocycles. The fourth-order valence-corrected chi connectivity index (χ4v) is 3.06. The van der Waals surface area contributed by atoms with Crippen LogP contribution in [0, 0.1) is 6.92 Å². The Hall–Kier alpha value is -1.53. The van der Waals surface area contributed by atoms with Crippen molar-refractivity contribution in [3.8, 4) is 0 Å². The third-order valence-corrected chi connectivity index (χ3v) is 4.53. The molecule has 6 heteroatoms. The molecule has 2 amide bonds. The minimum Gasteiger partial charge on any atom is -0.337 e. The highest BCUT2D eigenvalue weighted by atomic mass is 32.2. The number of hydrogen-bond acceptors (Lipinski definition) is 4. The smallest absolute Gasteiger partial charge is 0.234 e. The van der Waals surface area contributed by atoms with E-state index in [1.54, 1.807) is 0 Å². The zero-order valence-electron chi connectivity index (χ0n) is 13.1. The van der Waals surface area contributed by atoms with E-state index >= 15 is 0 Å². The van der Waals surface area contributed by atoms with Crippen molar-refractivity contribution in [2.75, 3.05) is 36.5 Å². The molecule has 1 heterocycles. The van der Waals surface area contributed by atoms with Crippen LogP contribution in [0.3, 0.4) is 0 Å². The van der Waals surface area contributed by atoms with Gasteiger partial charge >= 0.3 is 0 Å². The molecule has 0 aliphatic carbocycles. The molecule has 0 saturated carbocycles. The maximum Gasteiger partial charge on any atom is 0.234 e. The third kappa shape index (κ3) is 5.03. The average molecular weight is 321 g/mol. The summed E-state index contributed by atoms with van der Waals surface area (Å²) in [5.74, 6) is 0.684. The van der Waals surface area contributed by atoms with Crippen molar-refractivity contribution in [2.24, 2.45) is 0 Å². The first-order chi connectivity index (χ1) is 10.6. The molecule has 5 nitrogen and oxygen atoms in total. The molecule has 1 saturated heterocycles. The summed E-state index contributed by atoms with van der Waals surface area (Å²) in [5, 5.41) is 6.10. The lowest BCUT2D eigenvalue weighted by atomic mass is 10.2. The predicted octanol–water partition coefficient (Wildman–Crippen LogP) is 1.49. The highest BCUT2D eigenvalue weighted by Gasteiger charge is 2.22. The number of amides is 2. The summed E-state index contributed by atoms with van der Waals surface area (Å²) < 4.78 is 0. The second-order valence-electron chi connectivity index (χ2n) is 5.55. The molecular weight excluding hydrogens is 298 g/mol. The van der Waals surface area contributed by atoms with Crippen LogP contribution in [0.15, 0.2) is 24.3 Å². The van der Waals surface area contributed by atoms with Gasteiger partial charge in [0, 0.05) is 31.4 Å². The maximum absolute atomic E-state index is 12.1. The highest BCUT2D eigenvalue weighted by molar-refractivity contribution is 8.00. The number of hydrogen-bond donors (Lipinski definition) is 2. The number of benzene rings is 1. The van der Waals surface area contributed by atoms with E-state index in [4.69, 9.17) is 0 Å². The largest absolute Gasteiger partial charge is 0.337 e. The number of thioether (sulfide) groups is 1. The van der Waals surface area contributed by atoms with Gasteiger partial charge in [-0.2, -0.15) is 0 Å². The van der Waals surface area contributed by atoms with Gasteiger partial charge in [-0.15, -0.1) is 11.8 Å². The molecule has 1 fully saturated rings. The van der Waals surface area contributed by atoms with Crippen molar-refractivity contribution in [2.45, 2.75) is 19.9 Å². The van der Waals surface area contributed by atoms with Gasteiger partial charge in [-0.3, -0.25) is 9.59 Å². The van der Waals surface area contributed by atoms with Crippen molar-refractivity contribution < 1.29 is 9.59 Å². The van der Waals surface area contributed by atoms with E-state index in [2.05, 4.69) is 10.6 Å². The van der Waals surface area contributed by atoms with Crippen LogP contribution in [-0.2, 0) is 9.59 Å². The minimum atomic E-state index is -0.0741. The van der Waals surface area contributed by atoms with Gasteiger partial charge in [-0.1, -0.05) is 17.7 Å². The number of carbonyl (C=O) groups excluding carboxylic acids is 2. The number of rotatable bonds is 5. The van der Waals surface area contributed by atoms with Crippen LogP contribution in [0.1, 0.15) is 12.5 Å². The number of piperazine rings is 1. The maximum atomic E-state index is 12.1.